The molecule has 0 aliphatic heterocycles. The molecule has 0 fully saturated rings. The van der Waals surface area contributed by atoms with Crippen molar-refractivity contribution >= 4 is 27.3 Å². The zero-order chi connectivity index (χ0) is 16.8. The van der Waals surface area contributed by atoms with Crippen LogP contribution < -0.4 is 21.8 Å². The Bertz CT molecular complexity index is 826. The lowest BCUT2D eigenvalue weighted by molar-refractivity contribution is 0.306. The van der Waals surface area contributed by atoms with Crippen molar-refractivity contribution in [3.8, 4) is 5.75 Å². The average molecular weight is 340 g/mol. The first-order chi connectivity index (χ1) is 11.8. The summed E-state index contributed by atoms with van der Waals surface area (Å²) in [6.07, 6.45) is 1.49. The van der Waals surface area contributed by atoms with Crippen LogP contribution in [-0.2, 0) is 13.0 Å². The van der Waals surface area contributed by atoms with E-state index < -0.39 is 0 Å². The van der Waals surface area contributed by atoms with E-state index in [0.29, 0.717) is 18.9 Å². The van der Waals surface area contributed by atoms with Gasteiger partial charge in [0.2, 0.25) is 0 Å². The first-order valence-corrected chi connectivity index (χ1v) is 8.57. The fourth-order valence-corrected chi connectivity index (χ4v) is 3.23. The summed E-state index contributed by atoms with van der Waals surface area (Å²) in [5.74, 6) is 12.0. The number of hydrogen-bond acceptors (Lipinski definition) is 5. The number of amidine groups is 1. The molecule has 124 valence electrons. The maximum absolute atomic E-state index is 5.87. The summed E-state index contributed by atoms with van der Waals surface area (Å²) < 4.78 is 7.17. The average Bonchev–Trinajstić information content (AvgIpc) is 3.09. The Morgan fingerprint density at radius 3 is 2.62 bits per heavy atom. The predicted octanol–water partition coefficient (Wildman–Crippen LogP) is 3.15. The van der Waals surface area contributed by atoms with Gasteiger partial charge in [-0.15, -0.1) is 11.3 Å². The molecule has 3 rings (SSSR count). The van der Waals surface area contributed by atoms with Crippen LogP contribution in [-0.4, -0.2) is 5.84 Å². The highest BCUT2D eigenvalue weighted by atomic mass is 32.1. The number of aryl methyl sites for hydroxylation is 1. The van der Waals surface area contributed by atoms with Gasteiger partial charge >= 0.3 is 0 Å². The molecule has 0 bridgehead atoms. The number of hydrogen-bond donors (Lipinski definition) is 3. The van der Waals surface area contributed by atoms with E-state index in [0.717, 1.165) is 12.2 Å². The largest absolute Gasteiger partial charge is 0.489 e. The molecule has 1 heterocycles. The third-order valence-corrected chi connectivity index (χ3v) is 4.72. The fourth-order valence-electron chi connectivity index (χ4n) is 2.46. The summed E-state index contributed by atoms with van der Waals surface area (Å²) in [4.78, 5) is 0. The fraction of sp³-hybridized carbons (Fsp3) is 0.167. The molecular weight excluding hydrogens is 320 g/mol. The topological polar surface area (TPSA) is 85.7 Å². The quantitative estimate of drug-likeness (QED) is 0.278. The van der Waals surface area contributed by atoms with Crippen LogP contribution in [0, 0.1) is 0 Å². The minimum Gasteiger partial charge on any atom is -0.489 e. The maximum atomic E-state index is 5.87. The second-order valence-electron chi connectivity index (χ2n) is 5.45. The monoisotopic (exact) mass is 340 g/mol. The Labute approximate surface area is 144 Å². The normalized spacial score (nSPS) is 11.6. The van der Waals surface area contributed by atoms with Crippen LogP contribution in [0.15, 0.2) is 59.0 Å². The second kappa shape index (κ2) is 7.81. The van der Waals surface area contributed by atoms with Gasteiger partial charge in [0.25, 0.3) is 0 Å². The highest BCUT2D eigenvalue weighted by Gasteiger charge is 2.02. The molecule has 0 radical (unpaired) electrons. The van der Waals surface area contributed by atoms with Crippen molar-refractivity contribution in [3.05, 3.63) is 65.0 Å². The second-order valence-corrected chi connectivity index (χ2v) is 6.39. The first-order valence-electron chi connectivity index (χ1n) is 7.70. The number of nitrogens with zero attached hydrogens (tertiary/aromatic N) is 1. The number of benzene rings is 2. The van der Waals surface area contributed by atoms with Crippen molar-refractivity contribution < 1.29 is 4.74 Å². The Kier molecular flexibility index (Phi) is 5.30. The van der Waals surface area contributed by atoms with Crippen LogP contribution in [0.2, 0.25) is 0 Å². The Morgan fingerprint density at radius 1 is 1.08 bits per heavy atom. The third-order valence-electron chi connectivity index (χ3n) is 3.82. The number of ether oxygens (including phenoxy) is 1. The molecule has 5 nitrogen and oxygen atoms in total. The number of hydrazine groups is 1. The lowest BCUT2D eigenvalue weighted by atomic mass is 10.1. The molecular formula is C18H20N4OS. The molecule has 1 aromatic heterocycles. The van der Waals surface area contributed by atoms with E-state index in [1.807, 2.05) is 24.3 Å². The van der Waals surface area contributed by atoms with Gasteiger partial charge in [0.05, 0.1) is 0 Å². The molecule has 0 unspecified atom stereocenters. The van der Waals surface area contributed by atoms with E-state index in [9.17, 15) is 0 Å². The summed E-state index contributed by atoms with van der Waals surface area (Å²) in [5, 5.41) is 6.95. The van der Waals surface area contributed by atoms with Crippen LogP contribution in [0.5, 0.6) is 5.75 Å². The van der Waals surface area contributed by atoms with Crippen molar-refractivity contribution in [2.75, 3.05) is 0 Å². The number of nitrogens with two attached hydrogens (primary N) is 2. The molecule has 24 heavy (non-hydrogen) atoms. The SMILES string of the molecule is N/N=C(/CCc1ccc(OCc2ccc3sccc3c2)cc1)NN. The molecule has 0 amide bonds. The molecule has 0 atom stereocenters. The Hall–Kier alpha value is -2.57. The van der Waals surface area contributed by atoms with Gasteiger partial charge < -0.3 is 16.0 Å². The molecule has 3 aromatic rings. The Balaban J connectivity index is 1.55. The maximum Gasteiger partial charge on any atom is 0.136 e. The van der Waals surface area contributed by atoms with Crippen molar-refractivity contribution in [2.24, 2.45) is 16.8 Å². The highest BCUT2D eigenvalue weighted by Crippen LogP contribution is 2.22. The van der Waals surface area contributed by atoms with Crippen LogP contribution in [0.25, 0.3) is 10.1 Å². The predicted molar refractivity (Wildman–Crippen MR) is 99.9 cm³/mol. The van der Waals surface area contributed by atoms with Crippen LogP contribution >= 0.6 is 11.3 Å². The van der Waals surface area contributed by atoms with Gasteiger partial charge in [-0.1, -0.05) is 18.2 Å². The molecule has 0 spiro atoms. The first kappa shape index (κ1) is 16.3. The molecule has 6 heteroatoms. The van der Waals surface area contributed by atoms with Crippen LogP contribution in [0.3, 0.4) is 0 Å². The van der Waals surface area contributed by atoms with Gasteiger partial charge in [-0.2, -0.15) is 5.10 Å². The lowest BCUT2D eigenvalue weighted by Crippen LogP contribution is -2.31. The summed E-state index contributed by atoms with van der Waals surface area (Å²) in [6, 6.07) is 16.6. The number of rotatable bonds is 6. The zero-order valence-corrected chi connectivity index (χ0v) is 14.1. The number of fused-ring (bicyclic) bond motifs is 1. The lowest BCUT2D eigenvalue weighted by Gasteiger charge is -2.08. The minimum atomic E-state index is 0.562. The Morgan fingerprint density at radius 2 is 1.88 bits per heavy atom. The van der Waals surface area contributed by atoms with E-state index in [4.69, 9.17) is 16.4 Å². The summed E-state index contributed by atoms with van der Waals surface area (Å²) in [6.45, 7) is 0.562. The number of hydrazone groups is 1. The van der Waals surface area contributed by atoms with E-state index >= 15 is 0 Å². The van der Waals surface area contributed by atoms with Crippen molar-refractivity contribution in [1.82, 2.24) is 5.43 Å². The standard InChI is InChI=1S/C18H20N4OS/c19-21-18(22-20)8-4-13-1-5-16(6-2-13)23-12-14-3-7-17-15(11-14)9-10-24-17/h1-3,5-7,9-11H,4,8,12,19-20H2,(H,21,22). The zero-order valence-electron chi connectivity index (χ0n) is 13.2. The number of thiophene rings is 1. The molecule has 0 aliphatic carbocycles. The van der Waals surface area contributed by atoms with E-state index in [-0.39, 0.29) is 0 Å². The minimum absolute atomic E-state index is 0.562. The third kappa shape index (κ3) is 4.04. The summed E-state index contributed by atoms with van der Waals surface area (Å²) in [7, 11) is 0. The van der Waals surface area contributed by atoms with Crippen molar-refractivity contribution in [2.45, 2.75) is 19.4 Å². The van der Waals surface area contributed by atoms with Gasteiger partial charge in [-0.25, -0.2) is 5.84 Å². The molecule has 2 aromatic carbocycles. The molecule has 0 saturated heterocycles. The van der Waals surface area contributed by atoms with Gasteiger partial charge in [0.15, 0.2) is 0 Å². The smallest absolute Gasteiger partial charge is 0.136 e. The molecule has 0 saturated carbocycles. The summed E-state index contributed by atoms with van der Waals surface area (Å²) >= 11 is 1.75. The van der Waals surface area contributed by atoms with Gasteiger partial charge in [0.1, 0.15) is 18.2 Å². The molecule has 5 N–H and O–H groups in total. The number of nitrogens with one attached hydrogen (secondary N) is 1. The molecule has 0 aliphatic rings. The van der Waals surface area contributed by atoms with Gasteiger partial charge in [-0.3, -0.25) is 0 Å². The van der Waals surface area contributed by atoms with Crippen LogP contribution in [0.1, 0.15) is 17.5 Å². The van der Waals surface area contributed by atoms with Crippen molar-refractivity contribution in [3.63, 3.8) is 0 Å². The van der Waals surface area contributed by atoms with Gasteiger partial charge in [0, 0.05) is 11.1 Å². The van der Waals surface area contributed by atoms with E-state index in [1.54, 1.807) is 11.3 Å². The summed E-state index contributed by atoms with van der Waals surface area (Å²) in [5.41, 5.74) is 4.83. The van der Waals surface area contributed by atoms with E-state index in [2.05, 4.69) is 40.2 Å². The van der Waals surface area contributed by atoms with Gasteiger partial charge in [-0.05, 0) is 58.6 Å². The van der Waals surface area contributed by atoms with Crippen LogP contribution in [0.4, 0.5) is 0 Å². The highest BCUT2D eigenvalue weighted by molar-refractivity contribution is 7.17. The van der Waals surface area contributed by atoms with E-state index in [1.165, 1.54) is 21.2 Å². The van der Waals surface area contributed by atoms with Crippen molar-refractivity contribution in [1.29, 1.82) is 0 Å².